The van der Waals surface area contributed by atoms with Crippen molar-refractivity contribution < 1.29 is 4.74 Å². The van der Waals surface area contributed by atoms with E-state index >= 15 is 0 Å². The number of hydrogen-bond acceptors (Lipinski definition) is 3. The Morgan fingerprint density at radius 1 is 1.30 bits per heavy atom. The van der Waals surface area contributed by atoms with Crippen LogP contribution in [0.4, 0.5) is 0 Å². The molecule has 0 bridgehead atoms. The number of piperidine rings is 1. The molecular weight excluding hydrogens is 248 g/mol. The molecule has 0 saturated carbocycles. The van der Waals surface area contributed by atoms with Crippen LogP contribution < -0.4 is 10.5 Å². The first-order valence-electron chi connectivity index (χ1n) is 7.86. The van der Waals surface area contributed by atoms with Crippen molar-refractivity contribution >= 4 is 0 Å². The summed E-state index contributed by atoms with van der Waals surface area (Å²) in [6.07, 6.45) is 6.22. The van der Waals surface area contributed by atoms with Gasteiger partial charge in [-0.15, -0.1) is 0 Å². The van der Waals surface area contributed by atoms with E-state index in [0.717, 1.165) is 25.1 Å². The molecular formula is C17H28N2O. The minimum atomic E-state index is 0.246. The van der Waals surface area contributed by atoms with Crippen LogP contribution in [0, 0.1) is 0 Å². The van der Waals surface area contributed by atoms with Crippen molar-refractivity contribution in [2.45, 2.75) is 51.2 Å². The molecule has 1 saturated heterocycles. The van der Waals surface area contributed by atoms with Gasteiger partial charge in [0.05, 0.1) is 0 Å². The molecule has 0 radical (unpaired) electrons. The zero-order valence-corrected chi connectivity index (χ0v) is 12.8. The molecule has 2 atom stereocenters. The van der Waals surface area contributed by atoms with Gasteiger partial charge in [-0.05, 0) is 70.4 Å². The van der Waals surface area contributed by atoms with E-state index in [1.807, 2.05) is 0 Å². The second kappa shape index (κ2) is 7.65. The summed E-state index contributed by atoms with van der Waals surface area (Å²) in [7, 11) is 2.21. The third-order valence-electron chi connectivity index (χ3n) is 4.28. The fourth-order valence-corrected chi connectivity index (χ4v) is 3.03. The second-order valence-electron chi connectivity index (χ2n) is 5.90. The van der Waals surface area contributed by atoms with E-state index < -0.39 is 0 Å². The molecule has 0 spiro atoms. The summed E-state index contributed by atoms with van der Waals surface area (Å²) in [6.45, 7) is 4.13. The van der Waals surface area contributed by atoms with Crippen molar-refractivity contribution in [2.24, 2.45) is 5.73 Å². The number of likely N-dealkylation sites (N-methyl/N-ethyl adjacent to an activating group) is 1. The van der Waals surface area contributed by atoms with Crippen molar-refractivity contribution in [3.8, 4) is 5.75 Å². The highest BCUT2D eigenvalue weighted by molar-refractivity contribution is 5.27. The minimum absolute atomic E-state index is 0.246. The highest BCUT2D eigenvalue weighted by Crippen LogP contribution is 2.22. The van der Waals surface area contributed by atoms with Crippen LogP contribution >= 0.6 is 0 Å². The van der Waals surface area contributed by atoms with Crippen molar-refractivity contribution in [1.29, 1.82) is 0 Å². The highest BCUT2D eigenvalue weighted by atomic mass is 16.5. The summed E-state index contributed by atoms with van der Waals surface area (Å²) >= 11 is 0. The molecule has 1 aromatic carbocycles. The fraction of sp³-hybridized carbons (Fsp3) is 0.647. The van der Waals surface area contributed by atoms with E-state index in [4.69, 9.17) is 10.5 Å². The van der Waals surface area contributed by atoms with Crippen molar-refractivity contribution in [2.75, 3.05) is 20.1 Å². The average Bonchev–Trinajstić information content (AvgIpc) is 2.47. The Morgan fingerprint density at radius 2 is 2.05 bits per heavy atom. The van der Waals surface area contributed by atoms with Crippen molar-refractivity contribution in [3.63, 3.8) is 0 Å². The van der Waals surface area contributed by atoms with Gasteiger partial charge in [0.25, 0.3) is 0 Å². The maximum Gasteiger partial charge on any atom is 0.119 e. The zero-order chi connectivity index (χ0) is 14.4. The van der Waals surface area contributed by atoms with E-state index in [9.17, 15) is 0 Å². The maximum atomic E-state index is 6.12. The van der Waals surface area contributed by atoms with Crippen LogP contribution in [0.3, 0.4) is 0 Å². The number of rotatable bonds is 6. The van der Waals surface area contributed by atoms with Gasteiger partial charge in [0, 0.05) is 6.04 Å². The molecule has 20 heavy (non-hydrogen) atoms. The molecule has 1 aliphatic rings. The van der Waals surface area contributed by atoms with Crippen LogP contribution in [0.5, 0.6) is 5.75 Å². The SMILES string of the molecule is CC(Oc1ccc(CCCN)cc1)C1CCCCN1C. The predicted molar refractivity (Wildman–Crippen MR) is 84.2 cm³/mol. The molecule has 0 aromatic heterocycles. The monoisotopic (exact) mass is 276 g/mol. The summed E-state index contributed by atoms with van der Waals surface area (Å²) in [4.78, 5) is 2.43. The molecule has 2 rings (SSSR count). The number of benzene rings is 1. The molecule has 0 amide bonds. The lowest BCUT2D eigenvalue weighted by atomic mass is 9.99. The molecule has 1 fully saturated rings. The molecule has 3 nitrogen and oxygen atoms in total. The van der Waals surface area contributed by atoms with Gasteiger partial charge in [-0.25, -0.2) is 0 Å². The smallest absolute Gasteiger partial charge is 0.119 e. The van der Waals surface area contributed by atoms with Gasteiger partial charge in [0.1, 0.15) is 11.9 Å². The number of likely N-dealkylation sites (tertiary alicyclic amines) is 1. The number of ether oxygens (including phenoxy) is 1. The molecule has 2 unspecified atom stereocenters. The molecule has 112 valence electrons. The van der Waals surface area contributed by atoms with E-state index in [1.54, 1.807) is 0 Å². The standard InChI is InChI=1S/C17H28N2O/c1-14(17-7-3-4-13-19(17)2)20-16-10-8-15(9-11-16)6-5-12-18/h8-11,14,17H,3-7,12-13,18H2,1-2H3. The summed E-state index contributed by atoms with van der Waals surface area (Å²) in [5.74, 6) is 0.980. The lowest BCUT2D eigenvalue weighted by Gasteiger charge is -2.36. The Morgan fingerprint density at radius 3 is 2.70 bits per heavy atom. The Hall–Kier alpha value is -1.06. The topological polar surface area (TPSA) is 38.5 Å². The van der Waals surface area contributed by atoms with Crippen LogP contribution in [-0.4, -0.2) is 37.2 Å². The summed E-state index contributed by atoms with van der Waals surface area (Å²) in [5, 5.41) is 0. The predicted octanol–water partition coefficient (Wildman–Crippen LogP) is 2.83. The van der Waals surface area contributed by atoms with E-state index in [2.05, 4.69) is 43.1 Å². The summed E-state index contributed by atoms with van der Waals surface area (Å²) in [5.41, 5.74) is 6.88. The Labute approximate surface area is 123 Å². The number of hydrogen-bond donors (Lipinski definition) is 1. The van der Waals surface area contributed by atoms with Crippen LogP contribution in [0.25, 0.3) is 0 Å². The normalized spacial score (nSPS) is 21.6. The molecule has 1 heterocycles. The molecule has 2 N–H and O–H groups in total. The second-order valence-corrected chi connectivity index (χ2v) is 5.90. The van der Waals surface area contributed by atoms with Gasteiger partial charge in [-0.1, -0.05) is 18.6 Å². The van der Waals surface area contributed by atoms with E-state index in [1.165, 1.54) is 31.4 Å². The third-order valence-corrected chi connectivity index (χ3v) is 4.28. The van der Waals surface area contributed by atoms with Crippen LogP contribution in [0.1, 0.15) is 38.2 Å². The lowest BCUT2D eigenvalue weighted by molar-refractivity contribution is 0.0686. The Balaban J connectivity index is 1.88. The first-order valence-corrected chi connectivity index (χ1v) is 7.86. The quantitative estimate of drug-likeness (QED) is 0.868. The van der Waals surface area contributed by atoms with E-state index in [-0.39, 0.29) is 6.10 Å². The Bertz CT molecular complexity index is 390. The minimum Gasteiger partial charge on any atom is -0.489 e. The zero-order valence-electron chi connectivity index (χ0n) is 12.8. The van der Waals surface area contributed by atoms with Crippen LogP contribution in [-0.2, 0) is 6.42 Å². The van der Waals surface area contributed by atoms with Gasteiger partial charge in [-0.2, -0.15) is 0 Å². The van der Waals surface area contributed by atoms with Gasteiger partial charge < -0.3 is 10.5 Å². The van der Waals surface area contributed by atoms with Gasteiger partial charge in [0.15, 0.2) is 0 Å². The number of aryl methyl sites for hydroxylation is 1. The Kier molecular flexibility index (Phi) is 5.86. The number of nitrogens with zero attached hydrogens (tertiary/aromatic N) is 1. The lowest BCUT2D eigenvalue weighted by Crippen LogP contribution is -2.45. The number of nitrogens with two attached hydrogens (primary N) is 1. The van der Waals surface area contributed by atoms with Gasteiger partial charge in [0.2, 0.25) is 0 Å². The molecule has 3 heteroatoms. The van der Waals surface area contributed by atoms with E-state index in [0.29, 0.717) is 6.04 Å². The van der Waals surface area contributed by atoms with Gasteiger partial charge >= 0.3 is 0 Å². The molecule has 1 aliphatic heterocycles. The van der Waals surface area contributed by atoms with Crippen LogP contribution in [0.15, 0.2) is 24.3 Å². The maximum absolute atomic E-state index is 6.12. The molecule has 0 aliphatic carbocycles. The molecule has 1 aromatic rings. The largest absolute Gasteiger partial charge is 0.489 e. The summed E-state index contributed by atoms with van der Waals surface area (Å²) < 4.78 is 6.12. The third kappa shape index (κ3) is 4.22. The van der Waals surface area contributed by atoms with Crippen LogP contribution in [0.2, 0.25) is 0 Å². The highest BCUT2D eigenvalue weighted by Gasteiger charge is 2.25. The fourth-order valence-electron chi connectivity index (χ4n) is 3.03. The first kappa shape index (κ1) is 15.3. The van der Waals surface area contributed by atoms with Gasteiger partial charge in [-0.3, -0.25) is 4.90 Å². The summed E-state index contributed by atoms with van der Waals surface area (Å²) in [6, 6.07) is 9.03. The first-order chi connectivity index (χ1) is 9.70. The van der Waals surface area contributed by atoms with Crippen molar-refractivity contribution in [3.05, 3.63) is 29.8 Å². The average molecular weight is 276 g/mol. The van der Waals surface area contributed by atoms with Crippen molar-refractivity contribution in [1.82, 2.24) is 4.90 Å².